The second-order valence-electron chi connectivity index (χ2n) is 6.99. The predicted molar refractivity (Wildman–Crippen MR) is 117 cm³/mol. The van der Waals surface area contributed by atoms with Gasteiger partial charge in [-0.3, -0.25) is 4.79 Å². The van der Waals surface area contributed by atoms with Gasteiger partial charge in [-0.1, -0.05) is 18.2 Å². The maximum atomic E-state index is 12.9. The average molecular weight is 430 g/mol. The van der Waals surface area contributed by atoms with Gasteiger partial charge in [-0.25, -0.2) is 9.59 Å². The summed E-state index contributed by atoms with van der Waals surface area (Å²) >= 11 is 0. The Labute approximate surface area is 183 Å². The fourth-order valence-electron chi connectivity index (χ4n) is 3.25. The van der Waals surface area contributed by atoms with E-state index in [1.807, 2.05) is 0 Å². The summed E-state index contributed by atoms with van der Waals surface area (Å²) < 4.78 is 10.5. The van der Waals surface area contributed by atoms with Crippen LogP contribution in [0.4, 0.5) is 5.69 Å². The minimum atomic E-state index is -1.09. The summed E-state index contributed by atoms with van der Waals surface area (Å²) in [5.74, 6) is -0.868. The van der Waals surface area contributed by atoms with Crippen molar-refractivity contribution < 1.29 is 28.6 Å². The summed E-state index contributed by atoms with van der Waals surface area (Å²) in [7, 11) is 1.32. The molecule has 8 nitrogen and oxygen atoms in total. The molecule has 0 atom stereocenters. The lowest BCUT2D eigenvalue weighted by molar-refractivity contribution is -0.114. The Hall–Kier alpha value is -4.46. The Morgan fingerprint density at radius 2 is 1.81 bits per heavy atom. The molecule has 1 N–H and O–H groups in total. The summed E-state index contributed by atoms with van der Waals surface area (Å²) in [6.07, 6.45) is 1.59. The predicted octanol–water partition coefficient (Wildman–Crippen LogP) is 4.24. The number of hydrogen-bond acceptors (Lipinski definition) is 6. The summed E-state index contributed by atoms with van der Waals surface area (Å²) in [6.45, 7) is 1.69. The molecule has 0 saturated heterocycles. The average Bonchev–Trinajstić information content (AvgIpc) is 3.39. The first-order chi connectivity index (χ1) is 15.4. The van der Waals surface area contributed by atoms with Crippen LogP contribution in [-0.4, -0.2) is 35.8 Å². The monoisotopic (exact) mass is 430 g/mol. The van der Waals surface area contributed by atoms with Crippen LogP contribution in [0.5, 0.6) is 0 Å². The van der Waals surface area contributed by atoms with Crippen LogP contribution < -0.4 is 5.01 Å². The highest BCUT2D eigenvalue weighted by atomic mass is 16.5. The second-order valence-corrected chi connectivity index (χ2v) is 6.99. The SMILES string of the molecule is COC(=O)c1ccc(-c2ccc(/C=C3/C(=O)N(c4cccc(C(=O)O)c4)N=C3C)o2)cc1. The number of nitrogens with zero attached hydrogens (tertiary/aromatic N) is 2. The van der Waals surface area contributed by atoms with E-state index in [1.165, 1.54) is 24.3 Å². The van der Waals surface area contributed by atoms with Crippen molar-refractivity contribution in [3.05, 3.63) is 83.1 Å². The highest BCUT2D eigenvalue weighted by Gasteiger charge is 2.29. The van der Waals surface area contributed by atoms with Gasteiger partial charge in [0.1, 0.15) is 11.5 Å². The molecule has 0 spiro atoms. The zero-order chi connectivity index (χ0) is 22.8. The van der Waals surface area contributed by atoms with Crippen molar-refractivity contribution in [2.24, 2.45) is 5.10 Å². The lowest BCUT2D eigenvalue weighted by Crippen LogP contribution is -2.21. The van der Waals surface area contributed by atoms with Crippen LogP contribution in [0.1, 0.15) is 33.4 Å². The van der Waals surface area contributed by atoms with Gasteiger partial charge in [0.2, 0.25) is 0 Å². The number of carbonyl (C=O) groups is 3. The molecule has 2 aromatic carbocycles. The van der Waals surface area contributed by atoms with Crippen LogP contribution in [0.15, 0.2) is 75.8 Å². The number of carboxylic acids is 1. The number of hydrogen-bond donors (Lipinski definition) is 1. The molecule has 4 rings (SSSR count). The molecule has 0 fully saturated rings. The first-order valence-electron chi connectivity index (χ1n) is 9.61. The van der Waals surface area contributed by atoms with E-state index < -0.39 is 11.9 Å². The molecular weight excluding hydrogens is 412 g/mol. The molecule has 0 saturated carbocycles. The van der Waals surface area contributed by atoms with Gasteiger partial charge >= 0.3 is 11.9 Å². The zero-order valence-corrected chi connectivity index (χ0v) is 17.2. The Morgan fingerprint density at radius 1 is 1.06 bits per heavy atom. The van der Waals surface area contributed by atoms with Gasteiger partial charge in [0.25, 0.3) is 5.91 Å². The number of anilines is 1. The van der Waals surface area contributed by atoms with Gasteiger partial charge in [0, 0.05) is 5.56 Å². The van der Waals surface area contributed by atoms with E-state index in [0.717, 1.165) is 5.56 Å². The van der Waals surface area contributed by atoms with E-state index in [2.05, 4.69) is 5.10 Å². The van der Waals surface area contributed by atoms with Gasteiger partial charge in [-0.05, 0) is 55.5 Å². The fraction of sp³-hybridized carbons (Fsp3) is 0.0833. The maximum absolute atomic E-state index is 12.9. The molecular formula is C24H18N2O6. The number of ether oxygens (including phenoxy) is 1. The summed E-state index contributed by atoms with van der Waals surface area (Å²) in [5.41, 5.74) is 2.44. The highest BCUT2D eigenvalue weighted by molar-refractivity contribution is 6.32. The molecule has 8 heteroatoms. The third-order valence-corrected chi connectivity index (χ3v) is 4.90. The minimum absolute atomic E-state index is 0.0643. The van der Waals surface area contributed by atoms with Crippen LogP contribution in [0.3, 0.4) is 0 Å². The van der Waals surface area contributed by atoms with Gasteiger partial charge < -0.3 is 14.3 Å². The number of aromatic carboxylic acids is 1. The Balaban J connectivity index is 1.57. The largest absolute Gasteiger partial charge is 0.478 e. The van der Waals surface area contributed by atoms with E-state index in [0.29, 0.717) is 34.1 Å². The number of esters is 1. The van der Waals surface area contributed by atoms with E-state index in [9.17, 15) is 19.5 Å². The first kappa shape index (κ1) is 20.8. The molecule has 160 valence electrons. The molecule has 1 aliphatic heterocycles. The van der Waals surface area contributed by atoms with Crippen molar-refractivity contribution in [1.29, 1.82) is 0 Å². The second kappa shape index (κ2) is 8.35. The van der Waals surface area contributed by atoms with Crippen LogP contribution >= 0.6 is 0 Å². The van der Waals surface area contributed by atoms with Crippen molar-refractivity contribution in [2.45, 2.75) is 6.92 Å². The molecule has 0 aliphatic carbocycles. The van der Waals surface area contributed by atoms with Crippen molar-refractivity contribution in [2.75, 3.05) is 12.1 Å². The first-order valence-corrected chi connectivity index (χ1v) is 9.61. The molecule has 0 radical (unpaired) electrons. The third-order valence-electron chi connectivity index (χ3n) is 4.90. The Morgan fingerprint density at radius 3 is 2.50 bits per heavy atom. The number of hydrazone groups is 1. The molecule has 1 aliphatic rings. The number of furan rings is 1. The smallest absolute Gasteiger partial charge is 0.337 e. The van der Waals surface area contributed by atoms with E-state index in [1.54, 1.807) is 61.5 Å². The maximum Gasteiger partial charge on any atom is 0.337 e. The summed E-state index contributed by atoms with van der Waals surface area (Å²) in [4.78, 5) is 35.7. The number of benzene rings is 2. The van der Waals surface area contributed by atoms with Crippen molar-refractivity contribution >= 4 is 35.3 Å². The van der Waals surface area contributed by atoms with Gasteiger partial charge in [-0.15, -0.1) is 0 Å². The normalized spacial score (nSPS) is 14.6. The van der Waals surface area contributed by atoms with E-state index >= 15 is 0 Å². The van der Waals surface area contributed by atoms with E-state index in [-0.39, 0.29) is 11.5 Å². The number of carboxylic acid groups (broad SMARTS) is 1. The van der Waals surface area contributed by atoms with Crippen LogP contribution in [0.2, 0.25) is 0 Å². The highest BCUT2D eigenvalue weighted by Crippen LogP contribution is 2.28. The minimum Gasteiger partial charge on any atom is -0.478 e. The molecule has 3 aromatic rings. The summed E-state index contributed by atoms with van der Waals surface area (Å²) in [5, 5.41) is 14.6. The van der Waals surface area contributed by atoms with Gasteiger partial charge in [0.05, 0.1) is 35.2 Å². The van der Waals surface area contributed by atoms with Gasteiger partial charge in [0.15, 0.2) is 0 Å². The Bertz CT molecular complexity index is 1280. The van der Waals surface area contributed by atoms with Crippen molar-refractivity contribution in [1.82, 2.24) is 0 Å². The molecule has 1 aromatic heterocycles. The molecule has 32 heavy (non-hydrogen) atoms. The molecule has 1 amide bonds. The van der Waals surface area contributed by atoms with Crippen LogP contribution in [0.25, 0.3) is 17.4 Å². The number of rotatable bonds is 5. The molecule has 0 bridgehead atoms. The molecule has 2 heterocycles. The number of amides is 1. The standard InChI is InChI=1S/C24H18N2O6/c1-14-20(22(27)26(25-14)18-5-3-4-17(12-18)23(28)29)13-19-10-11-21(32-19)15-6-8-16(9-7-15)24(30)31-2/h3-13H,1-2H3,(H,28,29)/b20-13+. The van der Waals surface area contributed by atoms with Crippen LogP contribution in [0, 0.1) is 0 Å². The quantitative estimate of drug-likeness (QED) is 0.479. The fourth-order valence-corrected chi connectivity index (χ4v) is 3.25. The van der Waals surface area contributed by atoms with Gasteiger partial charge in [-0.2, -0.15) is 10.1 Å². The third kappa shape index (κ3) is 3.93. The Kier molecular flexibility index (Phi) is 5.43. The molecule has 0 unspecified atom stereocenters. The lowest BCUT2D eigenvalue weighted by Gasteiger charge is -2.12. The van der Waals surface area contributed by atoms with Crippen molar-refractivity contribution in [3.8, 4) is 11.3 Å². The van der Waals surface area contributed by atoms with Crippen LogP contribution in [-0.2, 0) is 9.53 Å². The number of methoxy groups -OCH3 is 1. The number of carbonyl (C=O) groups excluding carboxylic acids is 2. The van der Waals surface area contributed by atoms with Crippen molar-refractivity contribution in [3.63, 3.8) is 0 Å². The topological polar surface area (TPSA) is 109 Å². The summed E-state index contributed by atoms with van der Waals surface area (Å²) in [6, 6.07) is 16.3. The lowest BCUT2D eigenvalue weighted by atomic mass is 10.1. The zero-order valence-electron chi connectivity index (χ0n) is 17.2. The van der Waals surface area contributed by atoms with E-state index in [4.69, 9.17) is 9.15 Å².